The van der Waals surface area contributed by atoms with Crippen molar-refractivity contribution in [3.05, 3.63) is 65.2 Å². The fraction of sp³-hybridized carbons (Fsp3) is 0.520. The van der Waals surface area contributed by atoms with Gasteiger partial charge in [0, 0.05) is 16.7 Å². The molecular formula is C25H32Cl2O4S. The zero-order valence-electron chi connectivity index (χ0n) is 18.3. The maximum Gasteiger partial charge on any atom is 0.294 e. The molecule has 2 N–H and O–H groups in total. The second-order valence-corrected chi connectivity index (χ2v) is 11.3. The lowest BCUT2D eigenvalue weighted by atomic mass is 9.84. The summed E-state index contributed by atoms with van der Waals surface area (Å²) in [5.41, 5.74) is 2.95. The largest absolute Gasteiger partial charge is 0.388 e. The average Bonchev–Trinajstić information content (AvgIpc) is 3.04. The van der Waals surface area contributed by atoms with E-state index in [0.717, 1.165) is 55.2 Å². The van der Waals surface area contributed by atoms with Crippen molar-refractivity contribution in [2.75, 3.05) is 0 Å². The zero-order valence-corrected chi connectivity index (χ0v) is 20.7. The Kier molecular flexibility index (Phi) is 9.05. The predicted molar refractivity (Wildman–Crippen MR) is 130 cm³/mol. The Balaban J connectivity index is 1.66. The SMILES string of the molecule is CCCCC(O)c1ccc(C2C(Cl)CC(Cl)C2CCCc2cccc(S(=O)(=O)O)c2)cc1. The van der Waals surface area contributed by atoms with Crippen LogP contribution in [-0.2, 0) is 16.5 Å². The van der Waals surface area contributed by atoms with Crippen LogP contribution < -0.4 is 0 Å². The minimum Gasteiger partial charge on any atom is -0.388 e. The van der Waals surface area contributed by atoms with Crippen molar-refractivity contribution in [1.29, 1.82) is 0 Å². The van der Waals surface area contributed by atoms with Gasteiger partial charge in [0.15, 0.2) is 0 Å². The van der Waals surface area contributed by atoms with Gasteiger partial charge in [-0.15, -0.1) is 23.2 Å². The third kappa shape index (κ3) is 6.48. The standard InChI is InChI=1S/C25H32Cl2O4S/c1-2-3-10-24(28)18-11-13-19(14-12-18)25-21(22(26)16-23(25)27)9-5-7-17-6-4-8-20(15-17)32(29,30)31/h4,6,8,11-15,21-25,28H,2-3,5,7,9-10,16H2,1H3,(H,29,30,31). The highest BCUT2D eigenvalue weighted by atomic mass is 35.5. The number of aryl methyl sites for hydroxylation is 1. The Morgan fingerprint density at radius 3 is 2.44 bits per heavy atom. The Hall–Kier alpha value is -1.11. The number of unbranched alkanes of at least 4 members (excludes halogenated alkanes) is 1. The summed E-state index contributed by atoms with van der Waals surface area (Å²) in [5.74, 6) is 0.366. The molecule has 0 aliphatic heterocycles. The van der Waals surface area contributed by atoms with Crippen LogP contribution >= 0.6 is 23.2 Å². The molecule has 0 saturated heterocycles. The molecule has 5 unspecified atom stereocenters. The lowest BCUT2D eigenvalue weighted by Gasteiger charge is -2.24. The van der Waals surface area contributed by atoms with Crippen molar-refractivity contribution in [3.8, 4) is 0 Å². The summed E-state index contributed by atoms with van der Waals surface area (Å²) in [4.78, 5) is -0.0778. The number of aliphatic hydroxyl groups is 1. The highest BCUT2D eigenvalue weighted by Gasteiger charge is 2.41. The summed E-state index contributed by atoms with van der Waals surface area (Å²) >= 11 is 13.4. The van der Waals surface area contributed by atoms with Crippen LogP contribution in [0.1, 0.15) is 74.2 Å². The minimum atomic E-state index is -4.20. The maximum atomic E-state index is 11.4. The van der Waals surface area contributed by atoms with Gasteiger partial charge in [0.1, 0.15) is 0 Å². The van der Waals surface area contributed by atoms with Crippen LogP contribution in [0.4, 0.5) is 0 Å². The van der Waals surface area contributed by atoms with E-state index in [2.05, 4.69) is 19.1 Å². The Bertz CT molecular complexity index is 978. The van der Waals surface area contributed by atoms with Crippen molar-refractivity contribution >= 4 is 33.3 Å². The van der Waals surface area contributed by atoms with Gasteiger partial charge in [0.25, 0.3) is 10.1 Å². The molecule has 1 aliphatic carbocycles. The number of hydrogen-bond acceptors (Lipinski definition) is 3. The fourth-order valence-electron chi connectivity index (χ4n) is 4.75. The molecular weight excluding hydrogens is 467 g/mol. The van der Waals surface area contributed by atoms with E-state index in [1.807, 2.05) is 18.2 Å². The number of halogens is 2. The monoisotopic (exact) mass is 498 g/mol. The molecule has 1 fully saturated rings. The van der Waals surface area contributed by atoms with Crippen molar-refractivity contribution in [3.63, 3.8) is 0 Å². The Labute approximate surface area is 201 Å². The van der Waals surface area contributed by atoms with Crippen LogP contribution in [0, 0.1) is 5.92 Å². The quantitative estimate of drug-likeness (QED) is 0.289. The highest BCUT2D eigenvalue weighted by molar-refractivity contribution is 7.85. The van der Waals surface area contributed by atoms with Crippen molar-refractivity contribution < 1.29 is 18.1 Å². The van der Waals surface area contributed by atoms with Gasteiger partial charge in [0.2, 0.25) is 0 Å². The average molecular weight is 500 g/mol. The molecule has 0 bridgehead atoms. The molecule has 0 spiro atoms. The number of rotatable bonds is 10. The highest BCUT2D eigenvalue weighted by Crippen LogP contribution is 2.47. The molecule has 0 radical (unpaired) electrons. The van der Waals surface area contributed by atoms with E-state index in [9.17, 15) is 18.1 Å². The smallest absolute Gasteiger partial charge is 0.294 e. The lowest BCUT2D eigenvalue weighted by Crippen LogP contribution is -2.17. The minimum absolute atomic E-state index is 0.0125. The number of aliphatic hydroxyl groups excluding tert-OH is 1. The van der Waals surface area contributed by atoms with Gasteiger partial charge >= 0.3 is 0 Å². The van der Waals surface area contributed by atoms with E-state index < -0.39 is 16.2 Å². The summed E-state index contributed by atoms with van der Waals surface area (Å²) in [6.45, 7) is 2.12. The predicted octanol–water partition coefficient (Wildman–Crippen LogP) is 6.50. The van der Waals surface area contributed by atoms with Crippen molar-refractivity contribution in [2.45, 2.75) is 79.5 Å². The molecule has 7 heteroatoms. The van der Waals surface area contributed by atoms with Gasteiger partial charge in [-0.3, -0.25) is 4.55 Å². The van der Waals surface area contributed by atoms with Gasteiger partial charge < -0.3 is 5.11 Å². The first kappa shape index (κ1) is 25.5. The van der Waals surface area contributed by atoms with Crippen LogP contribution in [0.3, 0.4) is 0 Å². The summed E-state index contributed by atoms with van der Waals surface area (Å²) in [7, 11) is -4.20. The van der Waals surface area contributed by atoms with Crippen molar-refractivity contribution in [2.24, 2.45) is 5.92 Å². The summed E-state index contributed by atoms with van der Waals surface area (Å²) < 4.78 is 32.0. The zero-order chi connectivity index (χ0) is 23.3. The van der Waals surface area contributed by atoms with E-state index in [4.69, 9.17) is 23.2 Å². The molecule has 176 valence electrons. The number of hydrogen-bond donors (Lipinski definition) is 2. The van der Waals surface area contributed by atoms with E-state index in [0.29, 0.717) is 6.42 Å². The molecule has 32 heavy (non-hydrogen) atoms. The molecule has 2 aromatic rings. The Morgan fingerprint density at radius 2 is 1.78 bits per heavy atom. The van der Waals surface area contributed by atoms with E-state index in [1.54, 1.807) is 6.07 Å². The van der Waals surface area contributed by atoms with Crippen LogP contribution in [0.25, 0.3) is 0 Å². The van der Waals surface area contributed by atoms with E-state index in [-0.39, 0.29) is 27.5 Å². The first-order chi connectivity index (χ1) is 15.2. The number of alkyl halides is 2. The van der Waals surface area contributed by atoms with Gasteiger partial charge in [-0.25, -0.2) is 0 Å². The topological polar surface area (TPSA) is 74.6 Å². The summed E-state index contributed by atoms with van der Waals surface area (Å²) in [6.07, 6.45) is 5.55. The van der Waals surface area contributed by atoms with Crippen LogP contribution in [0.5, 0.6) is 0 Å². The normalized spacial score (nSPS) is 24.5. The first-order valence-electron chi connectivity index (χ1n) is 11.3. The fourth-order valence-corrected chi connectivity index (χ4v) is 6.40. The van der Waals surface area contributed by atoms with Gasteiger partial charge in [-0.05, 0) is 66.8 Å². The third-order valence-electron chi connectivity index (χ3n) is 6.50. The van der Waals surface area contributed by atoms with Crippen LogP contribution in [-0.4, -0.2) is 28.8 Å². The molecule has 0 heterocycles. The molecule has 1 saturated carbocycles. The van der Waals surface area contributed by atoms with E-state index in [1.165, 1.54) is 12.1 Å². The summed E-state index contributed by atoms with van der Waals surface area (Å²) in [5, 5.41) is 10.3. The molecule has 5 atom stereocenters. The number of benzene rings is 2. The molecule has 1 aliphatic rings. The molecule has 0 amide bonds. The third-order valence-corrected chi connectivity index (χ3v) is 8.30. The molecule has 0 aromatic heterocycles. The van der Waals surface area contributed by atoms with Gasteiger partial charge in [-0.1, -0.05) is 56.2 Å². The summed E-state index contributed by atoms with van der Waals surface area (Å²) in [6, 6.07) is 14.6. The van der Waals surface area contributed by atoms with E-state index >= 15 is 0 Å². The van der Waals surface area contributed by atoms with Gasteiger partial charge in [-0.2, -0.15) is 8.42 Å². The Morgan fingerprint density at radius 1 is 1.06 bits per heavy atom. The maximum absolute atomic E-state index is 11.4. The first-order valence-corrected chi connectivity index (χ1v) is 13.6. The lowest BCUT2D eigenvalue weighted by molar-refractivity contribution is 0.164. The second-order valence-electron chi connectivity index (χ2n) is 8.80. The molecule has 3 rings (SSSR count). The molecule has 2 aromatic carbocycles. The van der Waals surface area contributed by atoms with Crippen LogP contribution in [0.2, 0.25) is 0 Å². The van der Waals surface area contributed by atoms with Gasteiger partial charge in [0.05, 0.1) is 11.0 Å². The van der Waals surface area contributed by atoms with Crippen molar-refractivity contribution in [1.82, 2.24) is 0 Å². The van der Waals surface area contributed by atoms with Crippen LogP contribution in [0.15, 0.2) is 53.4 Å². The molecule has 4 nitrogen and oxygen atoms in total. The second kappa shape index (κ2) is 11.3.